The van der Waals surface area contributed by atoms with Gasteiger partial charge in [0, 0.05) is 0 Å². The Labute approximate surface area is 44.5 Å². The second-order valence-corrected chi connectivity index (χ2v) is 2.93. The number of rotatable bonds is 0. The van der Waals surface area contributed by atoms with Crippen molar-refractivity contribution in [2.24, 2.45) is 0 Å². The third-order valence-corrected chi connectivity index (χ3v) is 2.02. The molecule has 0 aromatic heterocycles. The van der Waals surface area contributed by atoms with Crippen molar-refractivity contribution in [2.75, 3.05) is 6.61 Å². The van der Waals surface area contributed by atoms with Crippen LogP contribution in [0.1, 0.15) is 0 Å². The Kier molecular flexibility index (Phi) is 1.19. The fourth-order valence-electron chi connectivity index (χ4n) is 0.259. The first kappa shape index (κ1) is 4.90. The summed E-state index contributed by atoms with van der Waals surface area (Å²) in [5, 5.41) is 0. The molecular formula is C2H3NO3Se. The van der Waals surface area contributed by atoms with Gasteiger partial charge in [-0.05, 0) is 0 Å². The first-order valence-electron chi connectivity index (χ1n) is 1.63. The fourth-order valence-corrected chi connectivity index (χ4v) is 1.35. The van der Waals surface area contributed by atoms with E-state index < -0.39 is 14.4 Å². The predicted octanol–water partition coefficient (Wildman–Crippen LogP) is -1.45. The van der Waals surface area contributed by atoms with Crippen LogP contribution < -0.4 is 4.33 Å². The number of hydrogen-bond acceptors (Lipinski definition) is 3. The van der Waals surface area contributed by atoms with Crippen LogP contribution in [-0.4, -0.2) is 26.9 Å². The number of amides is 1. The zero-order valence-corrected chi connectivity index (χ0v) is 5.05. The average molecular weight is 168 g/mol. The molecule has 0 aromatic carbocycles. The summed E-state index contributed by atoms with van der Waals surface area (Å²) >= 11 is -2.34. The molecule has 0 saturated carbocycles. The van der Waals surface area contributed by atoms with Crippen molar-refractivity contribution < 1.29 is 12.4 Å². The van der Waals surface area contributed by atoms with Gasteiger partial charge >= 0.3 is 43.7 Å². The molecule has 1 unspecified atom stereocenters. The quantitative estimate of drug-likeness (QED) is 0.450. The molecular weight excluding hydrogens is 165 g/mol. The van der Waals surface area contributed by atoms with E-state index >= 15 is 0 Å². The summed E-state index contributed by atoms with van der Waals surface area (Å²) < 4.78 is 16.6. The van der Waals surface area contributed by atoms with E-state index in [1.165, 1.54) is 0 Å². The third-order valence-electron chi connectivity index (χ3n) is 0.494. The van der Waals surface area contributed by atoms with Crippen molar-refractivity contribution in [1.29, 1.82) is 0 Å². The minimum atomic E-state index is -2.34. The molecule has 1 amide bonds. The van der Waals surface area contributed by atoms with Gasteiger partial charge in [-0.3, -0.25) is 0 Å². The molecule has 1 N–H and O–H groups in total. The number of carbonyl (C=O) groups is 1. The Morgan fingerprint density at radius 2 is 2.57 bits per heavy atom. The van der Waals surface area contributed by atoms with E-state index in [1.54, 1.807) is 0 Å². The van der Waals surface area contributed by atoms with Gasteiger partial charge in [0.15, 0.2) is 0 Å². The van der Waals surface area contributed by atoms with Crippen molar-refractivity contribution >= 4 is 20.3 Å². The summed E-state index contributed by atoms with van der Waals surface area (Å²) in [6.45, 7) is -0.0336. The van der Waals surface area contributed by atoms with Crippen molar-refractivity contribution in [3.8, 4) is 0 Å². The Morgan fingerprint density at radius 3 is 2.71 bits per heavy atom. The van der Waals surface area contributed by atoms with Crippen LogP contribution in [-0.2, 0) is 12.4 Å². The van der Waals surface area contributed by atoms with Crippen LogP contribution >= 0.6 is 0 Å². The topological polar surface area (TPSA) is 55.4 Å². The van der Waals surface area contributed by atoms with Crippen LogP contribution in [0.4, 0.5) is 0 Å². The second-order valence-electron chi connectivity index (χ2n) is 1.02. The van der Waals surface area contributed by atoms with Gasteiger partial charge in [0.2, 0.25) is 0 Å². The molecule has 0 aromatic rings. The van der Waals surface area contributed by atoms with E-state index in [2.05, 4.69) is 8.15 Å². The van der Waals surface area contributed by atoms with Crippen LogP contribution in [0.25, 0.3) is 0 Å². The maximum atomic E-state index is 10.1. The summed E-state index contributed by atoms with van der Waals surface area (Å²) in [4.78, 5) is 10.0. The summed E-state index contributed by atoms with van der Waals surface area (Å²) in [5.74, 6) is -0.278. The molecule has 1 rings (SSSR count). The SMILES string of the molecule is O=C1CO[Se](=O)N1. The van der Waals surface area contributed by atoms with E-state index in [0.717, 1.165) is 0 Å². The van der Waals surface area contributed by atoms with Gasteiger partial charge in [-0.15, -0.1) is 0 Å². The molecule has 1 aliphatic heterocycles. The first-order valence-corrected chi connectivity index (χ1v) is 3.89. The molecule has 1 aliphatic rings. The van der Waals surface area contributed by atoms with Crippen LogP contribution in [0.5, 0.6) is 0 Å². The zero-order valence-electron chi connectivity index (χ0n) is 3.34. The second kappa shape index (κ2) is 1.69. The Balaban J connectivity index is 2.55. The Hall–Kier alpha value is -0.251. The third kappa shape index (κ3) is 1.06. The van der Waals surface area contributed by atoms with Crippen molar-refractivity contribution in [1.82, 2.24) is 4.33 Å². The van der Waals surface area contributed by atoms with Gasteiger partial charge in [-0.1, -0.05) is 0 Å². The van der Waals surface area contributed by atoms with Crippen LogP contribution in [0, 0.1) is 0 Å². The molecule has 4 nitrogen and oxygen atoms in total. The van der Waals surface area contributed by atoms with Gasteiger partial charge < -0.3 is 0 Å². The molecule has 40 valence electrons. The van der Waals surface area contributed by atoms with Gasteiger partial charge in [0.05, 0.1) is 0 Å². The normalized spacial score (nSPS) is 30.3. The first-order chi connectivity index (χ1) is 3.29. The predicted molar refractivity (Wildman–Crippen MR) is 20.5 cm³/mol. The standard InChI is InChI=1S/C2H3NO3Se/c4-2-1-6-7(5)3-2/h1H2,(H,3,4). The molecule has 5 heteroatoms. The van der Waals surface area contributed by atoms with Crippen molar-refractivity contribution in [3.63, 3.8) is 0 Å². The van der Waals surface area contributed by atoms with Gasteiger partial charge in [0.1, 0.15) is 0 Å². The molecule has 0 spiro atoms. The maximum absolute atomic E-state index is 10.1. The minimum absolute atomic E-state index is 0.0336. The van der Waals surface area contributed by atoms with Gasteiger partial charge in [0.25, 0.3) is 0 Å². The summed E-state index contributed by atoms with van der Waals surface area (Å²) in [6.07, 6.45) is 0. The number of nitrogens with one attached hydrogen (secondary N) is 1. The van der Waals surface area contributed by atoms with Gasteiger partial charge in [-0.25, -0.2) is 0 Å². The Bertz CT molecular complexity index is 108. The monoisotopic (exact) mass is 169 g/mol. The van der Waals surface area contributed by atoms with E-state index in [4.69, 9.17) is 0 Å². The van der Waals surface area contributed by atoms with Crippen LogP contribution in [0.3, 0.4) is 0 Å². The summed E-state index contributed by atoms with van der Waals surface area (Å²) in [7, 11) is 0. The van der Waals surface area contributed by atoms with E-state index in [0.29, 0.717) is 0 Å². The molecule has 1 atom stereocenters. The molecule has 1 fully saturated rings. The van der Waals surface area contributed by atoms with Crippen LogP contribution in [0.2, 0.25) is 0 Å². The van der Waals surface area contributed by atoms with Gasteiger partial charge in [-0.2, -0.15) is 0 Å². The van der Waals surface area contributed by atoms with E-state index in [-0.39, 0.29) is 12.5 Å². The molecule has 0 bridgehead atoms. The number of hydrogen-bond donors (Lipinski definition) is 1. The molecule has 0 radical (unpaired) electrons. The summed E-state index contributed by atoms with van der Waals surface area (Å²) in [5.41, 5.74) is 0. The molecule has 0 aliphatic carbocycles. The average Bonchev–Trinajstić information content (AvgIpc) is 1.87. The zero-order chi connectivity index (χ0) is 5.28. The summed E-state index contributed by atoms with van der Waals surface area (Å²) in [6, 6.07) is 0. The van der Waals surface area contributed by atoms with E-state index in [1.807, 2.05) is 0 Å². The molecule has 1 heterocycles. The fraction of sp³-hybridized carbons (Fsp3) is 0.500. The van der Waals surface area contributed by atoms with Crippen LogP contribution in [0.15, 0.2) is 0 Å². The number of carbonyl (C=O) groups excluding carboxylic acids is 1. The van der Waals surface area contributed by atoms with Crippen molar-refractivity contribution in [2.45, 2.75) is 0 Å². The Morgan fingerprint density at radius 1 is 1.86 bits per heavy atom. The molecule has 7 heavy (non-hydrogen) atoms. The molecule has 1 saturated heterocycles. The van der Waals surface area contributed by atoms with Crippen molar-refractivity contribution in [3.05, 3.63) is 0 Å². The van der Waals surface area contributed by atoms with E-state index in [9.17, 15) is 8.63 Å².